The first-order valence-electron chi connectivity index (χ1n) is 8.57. The first-order chi connectivity index (χ1) is 12.8. The maximum absolute atomic E-state index is 13.5. The van der Waals surface area contributed by atoms with E-state index < -0.39 is 22.1 Å². The van der Waals surface area contributed by atoms with Gasteiger partial charge in [-0.1, -0.05) is 29.3 Å². The van der Waals surface area contributed by atoms with Crippen molar-refractivity contribution >= 4 is 39.1 Å². The molecule has 1 aromatic rings. The van der Waals surface area contributed by atoms with Crippen molar-refractivity contribution in [2.45, 2.75) is 36.2 Å². The minimum atomic E-state index is -4.02. The minimum Gasteiger partial charge on any atom is -0.327 e. The molecule has 1 amide bonds. The van der Waals surface area contributed by atoms with Crippen molar-refractivity contribution in [1.29, 1.82) is 5.26 Å². The fourth-order valence-electron chi connectivity index (χ4n) is 3.92. The molecule has 0 aromatic heterocycles. The molecule has 9 heteroatoms. The molecule has 0 aliphatic carbocycles. The van der Waals surface area contributed by atoms with Gasteiger partial charge in [-0.15, -0.1) is 6.58 Å². The van der Waals surface area contributed by atoms with Crippen molar-refractivity contribution in [2.75, 3.05) is 13.1 Å². The summed E-state index contributed by atoms with van der Waals surface area (Å²) in [5, 5.41) is 9.48. The lowest BCUT2D eigenvalue weighted by Crippen LogP contribution is -2.54. The van der Waals surface area contributed by atoms with Gasteiger partial charge in [0.15, 0.2) is 0 Å². The van der Waals surface area contributed by atoms with Gasteiger partial charge < -0.3 is 4.90 Å². The van der Waals surface area contributed by atoms with Crippen molar-refractivity contribution in [2.24, 2.45) is 5.92 Å². The molecule has 2 fully saturated rings. The Kier molecular flexibility index (Phi) is 5.82. The smallest absolute Gasteiger partial charge is 0.244 e. The van der Waals surface area contributed by atoms with Crippen LogP contribution in [0.2, 0.25) is 10.0 Å². The van der Waals surface area contributed by atoms with E-state index in [1.54, 1.807) is 6.08 Å². The molecule has 0 radical (unpaired) electrons. The number of nitriles is 1. The third-order valence-corrected chi connectivity index (χ3v) is 7.46. The molecule has 2 heterocycles. The normalized spacial score (nSPS) is 26.3. The molecular weight excluding hydrogens is 409 g/mol. The molecule has 3 rings (SSSR count). The number of nitrogens with zero attached hydrogens (tertiary/aromatic N) is 3. The number of carbonyl (C=O) groups is 1. The Labute approximate surface area is 169 Å². The Balaban J connectivity index is 2.13. The zero-order valence-electron chi connectivity index (χ0n) is 14.5. The van der Waals surface area contributed by atoms with Gasteiger partial charge in [0.1, 0.15) is 12.6 Å². The second kappa shape index (κ2) is 7.80. The van der Waals surface area contributed by atoms with Crippen molar-refractivity contribution in [3.05, 3.63) is 40.9 Å². The van der Waals surface area contributed by atoms with Crippen molar-refractivity contribution in [3.63, 3.8) is 0 Å². The van der Waals surface area contributed by atoms with Crippen LogP contribution in [-0.2, 0) is 14.8 Å². The van der Waals surface area contributed by atoms with Gasteiger partial charge in [-0.3, -0.25) is 4.79 Å². The third kappa shape index (κ3) is 3.72. The first-order valence-corrected chi connectivity index (χ1v) is 10.8. The monoisotopic (exact) mass is 427 g/mol. The standard InChI is InChI=1S/C18H19Cl2N3O3S/c1-2-12-11-22(7-6-21)18(24)17-5-3-4-16(12)23(17)27(25,26)15-9-13(19)8-14(20)10-15/h2,8-10,12,16-17H,1,3-5,7,11H2/t12-,16-,17+/m1/s1. The molecule has 0 unspecified atom stereocenters. The van der Waals surface area contributed by atoms with Crippen LogP contribution in [0.1, 0.15) is 19.3 Å². The van der Waals surface area contributed by atoms with Crippen LogP contribution < -0.4 is 0 Å². The second-order valence-electron chi connectivity index (χ2n) is 6.73. The highest BCUT2D eigenvalue weighted by Gasteiger charge is 2.49. The van der Waals surface area contributed by atoms with Crippen molar-refractivity contribution in [1.82, 2.24) is 9.21 Å². The van der Waals surface area contributed by atoms with E-state index in [9.17, 15) is 13.2 Å². The van der Waals surface area contributed by atoms with E-state index in [1.165, 1.54) is 27.4 Å². The Morgan fingerprint density at radius 1 is 1.26 bits per heavy atom. The van der Waals surface area contributed by atoms with Crippen LogP contribution in [0.15, 0.2) is 35.7 Å². The number of fused-ring (bicyclic) bond motifs is 2. The molecule has 2 bridgehead atoms. The number of amides is 1. The summed E-state index contributed by atoms with van der Waals surface area (Å²) in [5.41, 5.74) is 0. The van der Waals surface area contributed by atoms with Crippen LogP contribution in [0, 0.1) is 17.2 Å². The molecule has 144 valence electrons. The third-order valence-electron chi connectivity index (χ3n) is 5.11. The summed E-state index contributed by atoms with van der Waals surface area (Å²) >= 11 is 12.0. The van der Waals surface area contributed by atoms with Crippen LogP contribution in [0.4, 0.5) is 0 Å². The van der Waals surface area contributed by atoms with Gasteiger partial charge in [0.05, 0.1) is 11.0 Å². The van der Waals surface area contributed by atoms with E-state index in [-0.39, 0.29) is 39.9 Å². The predicted molar refractivity (Wildman–Crippen MR) is 103 cm³/mol. The highest BCUT2D eigenvalue weighted by Crippen LogP contribution is 2.38. The van der Waals surface area contributed by atoms with E-state index in [4.69, 9.17) is 28.5 Å². The van der Waals surface area contributed by atoms with Gasteiger partial charge >= 0.3 is 0 Å². The van der Waals surface area contributed by atoms with Crippen LogP contribution in [0.5, 0.6) is 0 Å². The molecule has 27 heavy (non-hydrogen) atoms. The average molecular weight is 428 g/mol. The number of hydrogen-bond donors (Lipinski definition) is 0. The summed E-state index contributed by atoms with van der Waals surface area (Å²) in [4.78, 5) is 14.4. The Morgan fingerprint density at radius 3 is 2.52 bits per heavy atom. The van der Waals surface area contributed by atoms with Gasteiger partial charge in [-0.2, -0.15) is 9.57 Å². The van der Waals surface area contributed by atoms with Crippen LogP contribution in [0.3, 0.4) is 0 Å². The summed E-state index contributed by atoms with van der Waals surface area (Å²) in [5.74, 6) is -0.612. The lowest BCUT2D eigenvalue weighted by Gasteiger charge is -2.40. The van der Waals surface area contributed by atoms with E-state index in [2.05, 4.69) is 6.58 Å². The van der Waals surface area contributed by atoms with Gasteiger partial charge in [0.2, 0.25) is 15.9 Å². The topological polar surface area (TPSA) is 81.5 Å². The highest BCUT2D eigenvalue weighted by atomic mass is 35.5. The van der Waals surface area contributed by atoms with Gasteiger partial charge in [-0.05, 0) is 37.5 Å². The number of carbonyl (C=O) groups excluding carboxylic acids is 1. The van der Waals surface area contributed by atoms with Gasteiger partial charge in [0, 0.05) is 28.5 Å². The van der Waals surface area contributed by atoms with Crippen molar-refractivity contribution in [3.8, 4) is 6.07 Å². The maximum Gasteiger partial charge on any atom is 0.244 e. The first kappa shape index (κ1) is 20.2. The quantitative estimate of drug-likeness (QED) is 0.545. The van der Waals surface area contributed by atoms with E-state index in [0.29, 0.717) is 12.8 Å². The SMILES string of the molecule is C=C[C@@H]1CN(CC#N)C(=O)[C@@H]2CCC[C@H]1N2S(=O)(=O)c1cc(Cl)cc(Cl)c1. The van der Waals surface area contributed by atoms with Gasteiger partial charge in [0.25, 0.3) is 0 Å². The molecular formula is C18H19Cl2N3O3S. The zero-order chi connectivity index (χ0) is 19.8. The summed E-state index contributed by atoms with van der Waals surface area (Å²) in [6.07, 6.45) is 3.43. The summed E-state index contributed by atoms with van der Waals surface area (Å²) < 4.78 is 28.2. The van der Waals surface area contributed by atoms with Crippen LogP contribution in [0.25, 0.3) is 0 Å². The summed E-state index contributed by atoms with van der Waals surface area (Å²) in [6, 6.07) is 4.87. The highest BCUT2D eigenvalue weighted by molar-refractivity contribution is 7.89. The molecule has 1 aromatic carbocycles. The van der Waals surface area contributed by atoms with E-state index in [0.717, 1.165) is 6.42 Å². The number of benzene rings is 1. The molecule has 3 atom stereocenters. The summed E-state index contributed by atoms with van der Waals surface area (Å²) in [7, 11) is -4.02. The lowest BCUT2D eigenvalue weighted by atomic mass is 9.90. The fourth-order valence-corrected chi connectivity index (χ4v) is 6.52. The molecule has 0 spiro atoms. The molecule has 2 saturated heterocycles. The Hall–Kier alpha value is -1.59. The van der Waals surface area contributed by atoms with E-state index >= 15 is 0 Å². The number of hydrogen-bond acceptors (Lipinski definition) is 4. The fraction of sp³-hybridized carbons (Fsp3) is 0.444. The number of piperidine rings is 1. The number of sulfonamides is 1. The predicted octanol–water partition coefficient (Wildman–Crippen LogP) is 3.07. The molecule has 0 N–H and O–H groups in total. The van der Waals surface area contributed by atoms with Crippen molar-refractivity contribution < 1.29 is 13.2 Å². The zero-order valence-corrected chi connectivity index (χ0v) is 16.8. The Bertz CT molecular complexity index is 893. The van der Waals surface area contributed by atoms with Gasteiger partial charge in [-0.25, -0.2) is 8.42 Å². The molecule has 2 aliphatic rings. The average Bonchev–Trinajstić information content (AvgIpc) is 2.68. The maximum atomic E-state index is 13.5. The lowest BCUT2D eigenvalue weighted by molar-refractivity contribution is -0.134. The Morgan fingerprint density at radius 2 is 1.93 bits per heavy atom. The number of halogens is 2. The summed E-state index contributed by atoms with van der Waals surface area (Å²) in [6.45, 7) is 4.02. The second-order valence-corrected chi connectivity index (χ2v) is 9.45. The minimum absolute atomic E-state index is 0.0405. The molecule has 0 saturated carbocycles. The van der Waals surface area contributed by atoms with Crippen LogP contribution >= 0.6 is 23.2 Å². The van der Waals surface area contributed by atoms with Crippen LogP contribution in [-0.4, -0.2) is 48.7 Å². The number of rotatable bonds is 4. The molecule has 2 aliphatic heterocycles. The largest absolute Gasteiger partial charge is 0.327 e. The molecule has 6 nitrogen and oxygen atoms in total. The van der Waals surface area contributed by atoms with E-state index in [1.807, 2.05) is 6.07 Å².